The summed E-state index contributed by atoms with van der Waals surface area (Å²) in [7, 11) is 0. The molecular formula is C16H15ClO3. The summed E-state index contributed by atoms with van der Waals surface area (Å²) in [5.74, 6) is 0.656. The van der Waals surface area contributed by atoms with Crippen LogP contribution in [0.2, 0.25) is 5.02 Å². The second-order valence-electron chi connectivity index (χ2n) is 4.12. The molecule has 0 bridgehead atoms. The first-order chi connectivity index (χ1) is 9.77. The highest BCUT2D eigenvalue weighted by Crippen LogP contribution is 2.15. The molecule has 0 radical (unpaired) electrons. The molecule has 0 aromatic heterocycles. The summed E-state index contributed by atoms with van der Waals surface area (Å²) >= 11 is 5.94. The van der Waals surface area contributed by atoms with Crippen LogP contribution in [0.25, 0.3) is 0 Å². The number of carbonyl (C=O) groups excluding carboxylic acids is 1. The third-order valence-electron chi connectivity index (χ3n) is 2.65. The molecule has 0 saturated carbocycles. The van der Waals surface area contributed by atoms with Crippen LogP contribution in [0.4, 0.5) is 0 Å². The van der Waals surface area contributed by atoms with Gasteiger partial charge in [0.15, 0.2) is 5.78 Å². The highest BCUT2D eigenvalue weighted by Gasteiger charge is 2.09. The van der Waals surface area contributed by atoms with Crippen molar-refractivity contribution in [1.29, 1.82) is 0 Å². The molecular weight excluding hydrogens is 276 g/mol. The Bertz CT molecular complexity index is 555. The molecule has 0 atom stereocenters. The van der Waals surface area contributed by atoms with Crippen molar-refractivity contribution in [2.24, 2.45) is 0 Å². The van der Waals surface area contributed by atoms with Crippen molar-refractivity contribution in [3.8, 4) is 5.75 Å². The number of benzene rings is 2. The van der Waals surface area contributed by atoms with Gasteiger partial charge >= 0.3 is 0 Å². The van der Waals surface area contributed by atoms with E-state index in [4.69, 9.17) is 21.1 Å². The summed E-state index contributed by atoms with van der Waals surface area (Å²) in [6.07, 6.45) is 0. The van der Waals surface area contributed by atoms with Crippen LogP contribution in [0.5, 0.6) is 5.75 Å². The number of halogens is 1. The highest BCUT2D eigenvalue weighted by molar-refractivity contribution is 6.34. The van der Waals surface area contributed by atoms with Gasteiger partial charge in [-0.2, -0.15) is 0 Å². The first kappa shape index (κ1) is 14.6. The number of ether oxygens (including phenoxy) is 2. The van der Waals surface area contributed by atoms with Gasteiger partial charge in [0.2, 0.25) is 0 Å². The summed E-state index contributed by atoms with van der Waals surface area (Å²) in [6.45, 7) is 0.757. The minimum atomic E-state index is -0.129. The molecule has 2 aromatic rings. The molecule has 0 aliphatic rings. The molecule has 0 aliphatic carbocycles. The van der Waals surface area contributed by atoms with Crippen molar-refractivity contribution >= 4 is 17.4 Å². The van der Waals surface area contributed by atoms with Gasteiger partial charge in [-0.05, 0) is 24.3 Å². The minimum absolute atomic E-state index is 0.00187. The van der Waals surface area contributed by atoms with E-state index in [9.17, 15) is 4.79 Å². The van der Waals surface area contributed by atoms with Crippen molar-refractivity contribution in [3.63, 3.8) is 0 Å². The SMILES string of the molecule is O=C(COCCOc1ccccc1)c1ccccc1Cl. The molecule has 2 rings (SSSR count). The van der Waals surface area contributed by atoms with Crippen molar-refractivity contribution in [3.05, 3.63) is 65.2 Å². The Hall–Kier alpha value is -1.84. The number of Topliss-reactive ketones (excluding diaryl/α,β-unsaturated/α-hetero) is 1. The Morgan fingerprint density at radius 3 is 2.40 bits per heavy atom. The van der Waals surface area contributed by atoms with E-state index in [-0.39, 0.29) is 12.4 Å². The zero-order chi connectivity index (χ0) is 14.2. The van der Waals surface area contributed by atoms with E-state index in [0.717, 1.165) is 5.75 Å². The van der Waals surface area contributed by atoms with Crippen LogP contribution in [-0.2, 0) is 4.74 Å². The van der Waals surface area contributed by atoms with Gasteiger partial charge in [0.25, 0.3) is 0 Å². The molecule has 0 N–H and O–H groups in total. The van der Waals surface area contributed by atoms with Crippen LogP contribution < -0.4 is 4.74 Å². The number of ketones is 1. The molecule has 0 amide bonds. The van der Waals surface area contributed by atoms with E-state index in [1.807, 2.05) is 30.3 Å². The monoisotopic (exact) mass is 290 g/mol. The van der Waals surface area contributed by atoms with Crippen molar-refractivity contribution in [2.45, 2.75) is 0 Å². The average Bonchev–Trinajstić information content (AvgIpc) is 2.48. The van der Waals surface area contributed by atoms with Gasteiger partial charge in [-0.25, -0.2) is 0 Å². The molecule has 0 heterocycles. The third kappa shape index (κ3) is 4.37. The van der Waals surface area contributed by atoms with Crippen LogP contribution in [0.3, 0.4) is 0 Å². The fourth-order valence-corrected chi connectivity index (χ4v) is 1.91. The normalized spacial score (nSPS) is 10.2. The topological polar surface area (TPSA) is 35.5 Å². The maximum Gasteiger partial charge on any atom is 0.189 e. The van der Waals surface area contributed by atoms with Gasteiger partial charge in [-0.15, -0.1) is 0 Å². The quantitative estimate of drug-likeness (QED) is 0.577. The van der Waals surface area contributed by atoms with Crippen LogP contribution in [-0.4, -0.2) is 25.6 Å². The summed E-state index contributed by atoms with van der Waals surface area (Å²) in [5.41, 5.74) is 0.484. The highest BCUT2D eigenvalue weighted by atomic mass is 35.5. The van der Waals surface area contributed by atoms with E-state index >= 15 is 0 Å². The van der Waals surface area contributed by atoms with Gasteiger partial charge in [-0.3, -0.25) is 4.79 Å². The Morgan fingerprint density at radius 1 is 0.950 bits per heavy atom. The Kier molecular flexibility index (Phi) is 5.59. The zero-order valence-electron chi connectivity index (χ0n) is 10.9. The second-order valence-corrected chi connectivity index (χ2v) is 4.52. The lowest BCUT2D eigenvalue weighted by molar-refractivity contribution is 0.0688. The lowest BCUT2D eigenvalue weighted by Gasteiger charge is -2.07. The smallest absolute Gasteiger partial charge is 0.189 e. The zero-order valence-corrected chi connectivity index (χ0v) is 11.7. The van der Waals surface area contributed by atoms with Crippen LogP contribution in [0.1, 0.15) is 10.4 Å². The van der Waals surface area contributed by atoms with E-state index in [1.54, 1.807) is 24.3 Å². The van der Waals surface area contributed by atoms with E-state index in [2.05, 4.69) is 0 Å². The Morgan fingerprint density at radius 2 is 1.65 bits per heavy atom. The Balaban J connectivity index is 1.69. The molecule has 0 aliphatic heterocycles. The van der Waals surface area contributed by atoms with Gasteiger partial charge in [-0.1, -0.05) is 41.9 Å². The minimum Gasteiger partial charge on any atom is -0.491 e. The van der Waals surface area contributed by atoms with Gasteiger partial charge in [0.1, 0.15) is 19.0 Å². The van der Waals surface area contributed by atoms with Crippen LogP contribution in [0, 0.1) is 0 Å². The number of para-hydroxylation sites is 1. The molecule has 20 heavy (non-hydrogen) atoms. The molecule has 4 heteroatoms. The van der Waals surface area contributed by atoms with Gasteiger partial charge in [0, 0.05) is 5.56 Å². The first-order valence-electron chi connectivity index (χ1n) is 6.30. The van der Waals surface area contributed by atoms with E-state index in [1.165, 1.54) is 0 Å². The second kappa shape index (κ2) is 7.68. The molecule has 3 nitrogen and oxygen atoms in total. The summed E-state index contributed by atoms with van der Waals surface area (Å²) < 4.78 is 10.7. The first-order valence-corrected chi connectivity index (χ1v) is 6.68. The maximum absolute atomic E-state index is 11.8. The fourth-order valence-electron chi connectivity index (χ4n) is 1.67. The lowest BCUT2D eigenvalue weighted by Crippen LogP contribution is -2.14. The van der Waals surface area contributed by atoms with Crippen LogP contribution >= 0.6 is 11.6 Å². The molecule has 0 unspecified atom stereocenters. The summed E-state index contributed by atoms with van der Waals surface area (Å²) in [4.78, 5) is 11.8. The third-order valence-corrected chi connectivity index (χ3v) is 2.98. The van der Waals surface area contributed by atoms with E-state index in [0.29, 0.717) is 23.8 Å². The Labute approximate surface area is 123 Å². The molecule has 0 fully saturated rings. The predicted molar refractivity (Wildman–Crippen MR) is 78.5 cm³/mol. The molecule has 0 saturated heterocycles. The van der Waals surface area contributed by atoms with E-state index < -0.39 is 0 Å². The summed E-state index contributed by atoms with van der Waals surface area (Å²) in [5, 5.41) is 0.446. The van der Waals surface area contributed by atoms with Gasteiger partial charge < -0.3 is 9.47 Å². The summed E-state index contributed by atoms with van der Waals surface area (Å²) in [6, 6.07) is 16.4. The van der Waals surface area contributed by atoms with Crippen molar-refractivity contribution in [2.75, 3.05) is 19.8 Å². The average molecular weight is 291 g/mol. The van der Waals surface area contributed by atoms with Crippen molar-refractivity contribution in [1.82, 2.24) is 0 Å². The standard InChI is InChI=1S/C16H15ClO3/c17-15-9-5-4-8-14(15)16(18)12-19-10-11-20-13-6-2-1-3-7-13/h1-9H,10-12H2. The predicted octanol–water partition coefficient (Wildman–Crippen LogP) is 3.62. The van der Waals surface area contributed by atoms with Crippen molar-refractivity contribution < 1.29 is 14.3 Å². The molecule has 104 valence electrons. The molecule has 0 spiro atoms. The fraction of sp³-hybridized carbons (Fsp3) is 0.188. The van der Waals surface area contributed by atoms with Gasteiger partial charge in [0.05, 0.1) is 11.6 Å². The lowest BCUT2D eigenvalue weighted by atomic mass is 10.1. The molecule has 2 aromatic carbocycles. The maximum atomic E-state index is 11.8. The number of rotatable bonds is 7. The van der Waals surface area contributed by atoms with Crippen LogP contribution in [0.15, 0.2) is 54.6 Å². The number of hydrogen-bond donors (Lipinski definition) is 0. The largest absolute Gasteiger partial charge is 0.491 e. The number of carbonyl (C=O) groups is 1. The number of hydrogen-bond acceptors (Lipinski definition) is 3.